The van der Waals surface area contributed by atoms with Crippen LogP contribution in [0, 0.1) is 0 Å². The summed E-state index contributed by atoms with van der Waals surface area (Å²) in [5, 5.41) is 8.87. The van der Waals surface area contributed by atoms with Crippen LogP contribution in [0.15, 0.2) is 30.3 Å². The minimum absolute atomic E-state index is 0.340. The van der Waals surface area contributed by atoms with Gasteiger partial charge in [-0.25, -0.2) is 9.59 Å². The van der Waals surface area contributed by atoms with E-state index in [1.54, 1.807) is 51.1 Å². The van der Waals surface area contributed by atoms with Crippen molar-refractivity contribution in [3.05, 3.63) is 35.9 Å². The molecular weight excluding hydrogens is 344 g/mol. The monoisotopic (exact) mass is 366 g/mol. The molecule has 0 aliphatic rings. The molecule has 2 atom stereocenters. The second kappa shape index (κ2) is 8.98. The van der Waals surface area contributed by atoms with Crippen LogP contribution in [0.25, 0.3) is 0 Å². The SMILES string of the molecule is CC(=O)OC(CC(=O)O)C(=O)OC(C(=O)OC(C)(C)C)c1ccccc1. The predicted octanol–water partition coefficient (Wildman–Crippen LogP) is 2.02. The Hall–Kier alpha value is -2.90. The molecule has 0 saturated heterocycles. The first kappa shape index (κ1) is 21.1. The summed E-state index contributed by atoms with van der Waals surface area (Å²) >= 11 is 0. The van der Waals surface area contributed by atoms with Crippen LogP contribution in [-0.4, -0.2) is 40.7 Å². The standard InChI is InChI=1S/C18H22O8/c1-11(19)24-13(10-14(20)21)16(22)25-15(12-8-6-5-7-9-12)17(23)26-18(2,3)4/h5-9,13,15H,10H2,1-4H3,(H,20,21). The number of aliphatic carboxylic acids is 1. The van der Waals surface area contributed by atoms with Crippen LogP contribution in [0.5, 0.6) is 0 Å². The van der Waals surface area contributed by atoms with Crippen LogP contribution in [-0.2, 0) is 33.4 Å². The molecule has 0 spiro atoms. The molecule has 0 saturated carbocycles. The first-order valence-corrected chi connectivity index (χ1v) is 7.87. The molecule has 0 amide bonds. The molecular formula is C18H22O8. The van der Waals surface area contributed by atoms with Crippen molar-refractivity contribution in [1.82, 2.24) is 0 Å². The van der Waals surface area contributed by atoms with E-state index in [4.69, 9.17) is 19.3 Å². The number of rotatable bonds is 7. The third kappa shape index (κ3) is 7.33. The van der Waals surface area contributed by atoms with E-state index in [-0.39, 0.29) is 0 Å². The van der Waals surface area contributed by atoms with Crippen molar-refractivity contribution in [3.8, 4) is 0 Å². The summed E-state index contributed by atoms with van der Waals surface area (Å²) in [4.78, 5) is 46.7. The number of hydrogen-bond donors (Lipinski definition) is 1. The Morgan fingerprint density at radius 1 is 1.00 bits per heavy atom. The topological polar surface area (TPSA) is 116 Å². The molecule has 0 radical (unpaired) electrons. The number of carbonyl (C=O) groups excluding carboxylic acids is 3. The van der Waals surface area contributed by atoms with Crippen molar-refractivity contribution in [3.63, 3.8) is 0 Å². The van der Waals surface area contributed by atoms with Gasteiger partial charge in [-0.15, -0.1) is 0 Å². The summed E-state index contributed by atoms with van der Waals surface area (Å²) in [7, 11) is 0. The molecule has 2 unspecified atom stereocenters. The van der Waals surface area contributed by atoms with Crippen molar-refractivity contribution >= 4 is 23.9 Å². The lowest BCUT2D eigenvalue weighted by Crippen LogP contribution is -2.35. The van der Waals surface area contributed by atoms with Gasteiger partial charge in [-0.3, -0.25) is 9.59 Å². The van der Waals surface area contributed by atoms with Gasteiger partial charge >= 0.3 is 23.9 Å². The van der Waals surface area contributed by atoms with Crippen molar-refractivity contribution < 1.29 is 38.5 Å². The van der Waals surface area contributed by atoms with E-state index in [0.29, 0.717) is 5.56 Å². The molecule has 1 aromatic carbocycles. The molecule has 1 aromatic rings. The van der Waals surface area contributed by atoms with E-state index in [0.717, 1.165) is 6.92 Å². The van der Waals surface area contributed by atoms with Crippen LogP contribution in [0.2, 0.25) is 0 Å². The maximum atomic E-state index is 12.4. The highest BCUT2D eigenvalue weighted by Crippen LogP contribution is 2.23. The minimum atomic E-state index is -1.67. The van der Waals surface area contributed by atoms with Crippen LogP contribution in [0.4, 0.5) is 0 Å². The molecule has 1 rings (SSSR count). The number of benzene rings is 1. The fourth-order valence-corrected chi connectivity index (χ4v) is 1.96. The Morgan fingerprint density at radius 3 is 2.04 bits per heavy atom. The number of hydrogen-bond acceptors (Lipinski definition) is 7. The van der Waals surface area contributed by atoms with E-state index in [1.807, 2.05) is 0 Å². The molecule has 8 nitrogen and oxygen atoms in total. The van der Waals surface area contributed by atoms with Crippen molar-refractivity contribution in [2.24, 2.45) is 0 Å². The van der Waals surface area contributed by atoms with Gasteiger partial charge in [0.25, 0.3) is 0 Å². The Bertz CT molecular complexity index is 644. The number of carbonyl (C=O) groups is 4. The average molecular weight is 366 g/mol. The summed E-state index contributed by atoms with van der Waals surface area (Å²) in [6.45, 7) is 5.99. The fraction of sp³-hybridized carbons (Fsp3) is 0.444. The highest BCUT2D eigenvalue weighted by Gasteiger charge is 2.34. The zero-order valence-electron chi connectivity index (χ0n) is 15.1. The van der Waals surface area contributed by atoms with E-state index in [9.17, 15) is 19.2 Å². The normalized spacial score (nSPS) is 13.2. The zero-order valence-corrected chi connectivity index (χ0v) is 15.1. The third-order valence-electron chi connectivity index (χ3n) is 2.89. The Balaban J connectivity index is 3.06. The largest absolute Gasteiger partial charge is 0.481 e. The summed E-state index contributed by atoms with van der Waals surface area (Å²) in [6.07, 6.45) is -3.87. The molecule has 0 heterocycles. The van der Waals surface area contributed by atoms with Gasteiger partial charge < -0.3 is 19.3 Å². The van der Waals surface area contributed by atoms with Gasteiger partial charge in [-0.1, -0.05) is 30.3 Å². The Kier molecular flexibility index (Phi) is 7.30. The average Bonchev–Trinajstić information content (AvgIpc) is 2.49. The highest BCUT2D eigenvalue weighted by atomic mass is 16.6. The third-order valence-corrected chi connectivity index (χ3v) is 2.89. The van der Waals surface area contributed by atoms with Crippen LogP contribution in [0.1, 0.15) is 45.8 Å². The maximum absolute atomic E-state index is 12.4. The van der Waals surface area contributed by atoms with Gasteiger partial charge in [0.1, 0.15) is 5.60 Å². The Morgan fingerprint density at radius 2 is 1.58 bits per heavy atom. The van der Waals surface area contributed by atoms with Crippen LogP contribution >= 0.6 is 0 Å². The van der Waals surface area contributed by atoms with E-state index in [2.05, 4.69) is 0 Å². The van der Waals surface area contributed by atoms with Gasteiger partial charge in [-0.05, 0) is 20.8 Å². The van der Waals surface area contributed by atoms with Gasteiger partial charge in [-0.2, -0.15) is 0 Å². The molecule has 0 fully saturated rings. The molecule has 142 valence electrons. The van der Waals surface area contributed by atoms with Crippen molar-refractivity contribution in [1.29, 1.82) is 0 Å². The smallest absolute Gasteiger partial charge is 0.352 e. The lowest BCUT2D eigenvalue weighted by molar-refractivity contribution is -0.184. The molecule has 8 heteroatoms. The quantitative estimate of drug-likeness (QED) is 0.575. The van der Waals surface area contributed by atoms with E-state index >= 15 is 0 Å². The first-order valence-electron chi connectivity index (χ1n) is 7.87. The zero-order chi connectivity index (χ0) is 19.9. The lowest BCUT2D eigenvalue weighted by Gasteiger charge is -2.25. The molecule has 1 N–H and O–H groups in total. The number of esters is 3. The van der Waals surface area contributed by atoms with E-state index < -0.39 is 48.1 Å². The fourth-order valence-electron chi connectivity index (χ4n) is 1.96. The Labute approximate surface area is 151 Å². The number of carboxylic acids is 1. The lowest BCUT2D eigenvalue weighted by atomic mass is 10.1. The van der Waals surface area contributed by atoms with Crippen molar-refractivity contribution in [2.75, 3.05) is 0 Å². The van der Waals surface area contributed by atoms with Gasteiger partial charge in [0, 0.05) is 12.5 Å². The number of carboxylic acid groups (broad SMARTS) is 1. The predicted molar refractivity (Wildman–Crippen MR) is 88.9 cm³/mol. The second-order valence-electron chi connectivity index (χ2n) is 6.46. The molecule has 0 aliphatic carbocycles. The van der Waals surface area contributed by atoms with E-state index in [1.165, 1.54) is 0 Å². The molecule has 0 aliphatic heterocycles. The molecule has 0 aromatic heterocycles. The van der Waals surface area contributed by atoms with Gasteiger partial charge in [0.15, 0.2) is 0 Å². The van der Waals surface area contributed by atoms with Crippen LogP contribution < -0.4 is 0 Å². The minimum Gasteiger partial charge on any atom is -0.481 e. The van der Waals surface area contributed by atoms with Gasteiger partial charge in [0.2, 0.25) is 12.2 Å². The molecule has 0 bridgehead atoms. The first-order chi connectivity index (χ1) is 12.0. The summed E-state index contributed by atoms with van der Waals surface area (Å²) in [6, 6.07) is 8.10. The number of ether oxygens (including phenoxy) is 3. The van der Waals surface area contributed by atoms with Gasteiger partial charge in [0.05, 0.1) is 6.42 Å². The summed E-state index contributed by atoms with van der Waals surface area (Å²) in [5.74, 6) is -4.18. The summed E-state index contributed by atoms with van der Waals surface area (Å²) < 4.78 is 15.1. The second-order valence-corrected chi connectivity index (χ2v) is 6.46. The maximum Gasteiger partial charge on any atom is 0.352 e. The molecule has 26 heavy (non-hydrogen) atoms. The summed E-state index contributed by atoms with van der Waals surface area (Å²) in [5.41, 5.74) is -0.487. The highest BCUT2D eigenvalue weighted by molar-refractivity contribution is 5.86. The van der Waals surface area contributed by atoms with Crippen molar-refractivity contribution in [2.45, 2.75) is 51.9 Å². The van der Waals surface area contributed by atoms with Crippen LogP contribution in [0.3, 0.4) is 0 Å².